The van der Waals surface area contributed by atoms with Crippen LogP contribution in [0.15, 0.2) is 18.2 Å². The van der Waals surface area contributed by atoms with Crippen molar-refractivity contribution < 1.29 is 18.0 Å². The van der Waals surface area contributed by atoms with Crippen molar-refractivity contribution in [2.75, 3.05) is 23.4 Å². The van der Waals surface area contributed by atoms with Crippen LogP contribution in [0.2, 0.25) is 10.0 Å². The Morgan fingerprint density at radius 3 is 2.42 bits per heavy atom. The molecule has 1 aliphatic rings. The van der Waals surface area contributed by atoms with Crippen molar-refractivity contribution in [3.8, 4) is 0 Å². The molecule has 24 heavy (non-hydrogen) atoms. The number of sulfone groups is 1. The number of carbonyl (C=O) groups is 2. The van der Waals surface area contributed by atoms with Gasteiger partial charge in [-0.25, -0.2) is 13.2 Å². The monoisotopic (exact) mass is 393 g/mol. The Hall–Kier alpha value is -1.51. The van der Waals surface area contributed by atoms with Crippen LogP contribution in [0.5, 0.6) is 0 Å². The second-order valence-corrected chi connectivity index (χ2v) is 8.56. The largest absolute Gasteiger partial charge is 0.338 e. The number of nitrogens with one attached hydrogen (secondary N) is 3. The second-order valence-electron chi connectivity index (χ2n) is 5.46. The third-order valence-corrected chi connectivity index (χ3v) is 5.56. The van der Waals surface area contributed by atoms with Crippen molar-refractivity contribution in [3.05, 3.63) is 28.2 Å². The van der Waals surface area contributed by atoms with Crippen LogP contribution in [0.25, 0.3) is 0 Å². The van der Waals surface area contributed by atoms with Gasteiger partial charge in [-0.2, -0.15) is 0 Å². The van der Waals surface area contributed by atoms with Crippen molar-refractivity contribution in [2.45, 2.75) is 18.9 Å². The van der Waals surface area contributed by atoms with Crippen LogP contribution in [0.1, 0.15) is 12.8 Å². The van der Waals surface area contributed by atoms with E-state index in [1.807, 2.05) is 0 Å². The minimum atomic E-state index is -3.04. The number of amides is 3. The SMILES string of the molecule is O=C(CCNC(=O)NC1CCS(=O)(=O)C1)Nc1cc(Cl)cc(Cl)c1. The maximum Gasteiger partial charge on any atom is 0.315 e. The van der Waals surface area contributed by atoms with Gasteiger partial charge in [-0.15, -0.1) is 0 Å². The van der Waals surface area contributed by atoms with Gasteiger partial charge in [0, 0.05) is 34.7 Å². The molecule has 1 unspecified atom stereocenters. The molecule has 7 nitrogen and oxygen atoms in total. The van der Waals surface area contributed by atoms with Gasteiger partial charge in [0.15, 0.2) is 9.84 Å². The fourth-order valence-corrected chi connectivity index (χ4v) is 4.48. The molecule has 3 amide bonds. The van der Waals surface area contributed by atoms with E-state index in [1.165, 1.54) is 0 Å². The summed E-state index contributed by atoms with van der Waals surface area (Å²) in [5, 5.41) is 8.53. The minimum Gasteiger partial charge on any atom is -0.338 e. The number of rotatable bonds is 5. The lowest BCUT2D eigenvalue weighted by molar-refractivity contribution is -0.116. The van der Waals surface area contributed by atoms with Gasteiger partial charge >= 0.3 is 6.03 Å². The molecule has 0 bridgehead atoms. The number of hydrogen-bond acceptors (Lipinski definition) is 4. The molecule has 132 valence electrons. The van der Waals surface area contributed by atoms with E-state index in [1.54, 1.807) is 18.2 Å². The maximum absolute atomic E-state index is 11.8. The summed E-state index contributed by atoms with van der Waals surface area (Å²) in [6.07, 6.45) is 0.465. The fraction of sp³-hybridized carbons (Fsp3) is 0.429. The Labute approximate surface area is 150 Å². The molecule has 1 aromatic carbocycles. The van der Waals surface area contributed by atoms with E-state index < -0.39 is 15.9 Å². The molecule has 0 aliphatic carbocycles. The number of anilines is 1. The van der Waals surface area contributed by atoms with Gasteiger partial charge in [-0.1, -0.05) is 23.2 Å². The van der Waals surface area contributed by atoms with E-state index in [2.05, 4.69) is 16.0 Å². The van der Waals surface area contributed by atoms with Gasteiger partial charge in [-0.3, -0.25) is 4.79 Å². The van der Waals surface area contributed by atoms with Gasteiger partial charge < -0.3 is 16.0 Å². The Morgan fingerprint density at radius 1 is 1.17 bits per heavy atom. The summed E-state index contributed by atoms with van der Waals surface area (Å²) in [4.78, 5) is 23.5. The molecule has 1 aliphatic heterocycles. The van der Waals surface area contributed by atoms with Crippen LogP contribution in [0.4, 0.5) is 10.5 Å². The molecule has 0 radical (unpaired) electrons. The summed E-state index contributed by atoms with van der Waals surface area (Å²) in [5.41, 5.74) is 0.470. The smallest absolute Gasteiger partial charge is 0.315 e. The summed E-state index contributed by atoms with van der Waals surface area (Å²) in [5.74, 6) is -0.268. The lowest BCUT2D eigenvalue weighted by atomic mass is 10.3. The van der Waals surface area contributed by atoms with E-state index in [9.17, 15) is 18.0 Å². The molecule has 0 saturated carbocycles. The highest BCUT2D eigenvalue weighted by molar-refractivity contribution is 7.91. The van der Waals surface area contributed by atoms with Gasteiger partial charge in [0.2, 0.25) is 5.91 Å². The first-order chi connectivity index (χ1) is 11.2. The molecule has 0 spiro atoms. The predicted molar refractivity (Wildman–Crippen MR) is 93.3 cm³/mol. The van der Waals surface area contributed by atoms with Gasteiger partial charge in [0.25, 0.3) is 0 Å². The zero-order valence-corrected chi connectivity index (χ0v) is 15.0. The minimum absolute atomic E-state index is 0.0452. The first-order valence-corrected chi connectivity index (χ1v) is 9.82. The van der Waals surface area contributed by atoms with Gasteiger partial charge in [0.05, 0.1) is 11.5 Å². The number of urea groups is 1. The highest BCUT2D eigenvalue weighted by atomic mass is 35.5. The Morgan fingerprint density at radius 2 is 1.83 bits per heavy atom. The lowest BCUT2D eigenvalue weighted by Gasteiger charge is -2.12. The maximum atomic E-state index is 11.8. The van der Waals surface area contributed by atoms with Crippen LogP contribution in [-0.2, 0) is 14.6 Å². The Bertz CT molecular complexity index is 719. The molecule has 1 aromatic rings. The molecule has 3 N–H and O–H groups in total. The highest BCUT2D eigenvalue weighted by Gasteiger charge is 2.28. The van der Waals surface area contributed by atoms with Crippen LogP contribution in [-0.4, -0.2) is 44.4 Å². The summed E-state index contributed by atoms with van der Waals surface area (Å²) in [6.45, 7) is 0.117. The number of carbonyl (C=O) groups excluding carboxylic acids is 2. The number of halogens is 2. The molecule has 2 rings (SSSR count). The van der Waals surface area contributed by atoms with Gasteiger partial charge in [0.1, 0.15) is 0 Å². The van der Waals surface area contributed by atoms with E-state index >= 15 is 0 Å². The normalized spacial score (nSPS) is 18.8. The summed E-state index contributed by atoms with van der Waals surface area (Å²) >= 11 is 11.7. The zero-order valence-electron chi connectivity index (χ0n) is 12.6. The highest BCUT2D eigenvalue weighted by Crippen LogP contribution is 2.22. The molecule has 10 heteroatoms. The van der Waals surface area contributed by atoms with E-state index in [-0.39, 0.29) is 36.4 Å². The number of benzene rings is 1. The molecule has 1 fully saturated rings. The first-order valence-electron chi connectivity index (χ1n) is 7.24. The molecule has 1 heterocycles. The molecule has 0 aromatic heterocycles. The Kier molecular flexibility index (Phi) is 6.31. The van der Waals surface area contributed by atoms with Crippen LogP contribution in [0, 0.1) is 0 Å². The lowest BCUT2D eigenvalue weighted by Crippen LogP contribution is -2.43. The molecular formula is C14H17Cl2N3O4S. The van der Waals surface area contributed by atoms with Gasteiger partial charge in [-0.05, 0) is 24.6 Å². The number of hydrogen-bond donors (Lipinski definition) is 3. The average molecular weight is 394 g/mol. The molecular weight excluding hydrogens is 377 g/mol. The van der Waals surface area contributed by atoms with E-state index in [0.717, 1.165) is 0 Å². The van der Waals surface area contributed by atoms with Crippen molar-refractivity contribution in [2.24, 2.45) is 0 Å². The predicted octanol–water partition coefficient (Wildman–Crippen LogP) is 1.81. The van der Waals surface area contributed by atoms with E-state index in [4.69, 9.17) is 23.2 Å². The van der Waals surface area contributed by atoms with Crippen LogP contribution < -0.4 is 16.0 Å². The standard InChI is InChI=1S/C14H17Cl2N3O4S/c15-9-5-10(16)7-12(6-9)18-13(20)1-3-17-14(21)19-11-2-4-24(22,23)8-11/h5-7,11H,1-4,8H2,(H,18,20)(H2,17,19,21). The third-order valence-electron chi connectivity index (χ3n) is 3.35. The van der Waals surface area contributed by atoms with Crippen LogP contribution >= 0.6 is 23.2 Å². The van der Waals surface area contributed by atoms with Crippen LogP contribution in [0.3, 0.4) is 0 Å². The quantitative estimate of drug-likeness (QED) is 0.709. The fourth-order valence-electron chi connectivity index (χ4n) is 2.28. The Balaban J connectivity index is 1.69. The van der Waals surface area contributed by atoms with Crippen molar-refractivity contribution in [1.82, 2.24) is 10.6 Å². The summed E-state index contributed by atoms with van der Waals surface area (Å²) < 4.78 is 22.6. The first kappa shape index (κ1) is 18.8. The summed E-state index contributed by atoms with van der Waals surface area (Å²) in [7, 11) is -3.04. The van der Waals surface area contributed by atoms with Crippen molar-refractivity contribution in [3.63, 3.8) is 0 Å². The average Bonchev–Trinajstić information content (AvgIpc) is 2.76. The van der Waals surface area contributed by atoms with Crippen molar-refractivity contribution >= 4 is 50.7 Å². The third kappa shape index (κ3) is 6.18. The second kappa shape index (κ2) is 8.04. The summed E-state index contributed by atoms with van der Waals surface area (Å²) in [6, 6.07) is 3.81. The zero-order chi connectivity index (χ0) is 17.7. The van der Waals surface area contributed by atoms with Crippen molar-refractivity contribution in [1.29, 1.82) is 0 Å². The molecule has 1 atom stereocenters. The van der Waals surface area contributed by atoms with E-state index in [0.29, 0.717) is 22.2 Å². The molecule has 1 saturated heterocycles. The topological polar surface area (TPSA) is 104 Å².